The minimum absolute atomic E-state index is 0.0111. The molecule has 0 spiro atoms. The van der Waals surface area contributed by atoms with Gasteiger partial charge in [-0.05, 0) is 62.6 Å². The van der Waals surface area contributed by atoms with E-state index >= 15 is 0 Å². The van der Waals surface area contributed by atoms with E-state index in [1.165, 1.54) is 23.1 Å². The molecule has 0 N–H and O–H groups in total. The average molecular weight is 854 g/mol. The highest BCUT2D eigenvalue weighted by molar-refractivity contribution is 6.53. The fourth-order valence-electron chi connectivity index (χ4n) is 4.89. The maximum Gasteiger partial charge on any atom is 0.416 e. The normalized spacial score (nSPS) is 11.2. The summed E-state index contributed by atoms with van der Waals surface area (Å²) in [6.07, 6.45) is -0.421. The number of para-hydroxylation sites is 1. The number of methoxy groups -OCH3 is 1. The summed E-state index contributed by atoms with van der Waals surface area (Å²) >= 11 is 22.4. The first-order chi connectivity index (χ1) is 25.9. The molecule has 0 fully saturated rings. The Labute approximate surface area is 339 Å². The van der Waals surface area contributed by atoms with Gasteiger partial charge in [0.05, 0.1) is 40.5 Å². The van der Waals surface area contributed by atoms with Gasteiger partial charge in [-0.3, -0.25) is 19.7 Å². The topological polar surface area (TPSA) is 111 Å². The monoisotopic (exact) mass is 851 g/mol. The smallest absolute Gasteiger partial charge is 0.416 e. The Kier molecular flexibility index (Phi) is 21.8. The van der Waals surface area contributed by atoms with Crippen LogP contribution >= 0.6 is 46.4 Å². The lowest BCUT2D eigenvalue weighted by molar-refractivity contribution is -0.385. The van der Waals surface area contributed by atoms with E-state index in [4.69, 9.17) is 60.6 Å². The van der Waals surface area contributed by atoms with Gasteiger partial charge in [0.2, 0.25) is 11.7 Å². The molecule has 3 aromatic rings. The number of nitrogens with zero attached hydrogens (tertiary/aromatic N) is 3. The van der Waals surface area contributed by atoms with Crippen LogP contribution in [0.5, 0.6) is 17.2 Å². The number of hydrogen-bond acceptors (Lipinski definition) is 7. The van der Waals surface area contributed by atoms with E-state index in [9.17, 15) is 32.9 Å². The number of aryl methyl sites for hydroxylation is 2. The van der Waals surface area contributed by atoms with Crippen LogP contribution in [0, 0.1) is 17.0 Å². The second-order valence-corrected chi connectivity index (χ2v) is 13.1. The van der Waals surface area contributed by atoms with Crippen LogP contribution in [-0.4, -0.2) is 71.8 Å². The lowest BCUT2D eigenvalue weighted by Crippen LogP contribution is -2.43. The Morgan fingerprint density at radius 3 is 2.13 bits per heavy atom. The van der Waals surface area contributed by atoms with Crippen LogP contribution in [0.2, 0.25) is 5.02 Å². The maximum atomic E-state index is 12.6. The maximum absolute atomic E-state index is 12.6. The number of nitro groups is 1. The molecule has 10 nitrogen and oxygen atoms in total. The number of benzene rings is 3. The van der Waals surface area contributed by atoms with E-state index < -0.39 is 21.5 Å². The number of carbonyl (C=O) groups excluding carboxylic acids is 2. The molecule has 0 aliphatic carbocycles. The molecule has 0 saturated heterocycles. The molecule has 302 valence electrons. The van der Waals surface area contributed by atoms with Crippen LogP contribution in [0.4, 0.5) is 24.5 Å². The van der Waals surface area contributed by atoms with Crippen molar-refractivity contribution in [3.05, 3.63) is 112 Å². The molecular weight excluding hydrogens is 809 g/mol. The van der Waals surface area contributed by atoms with E-state index in [1.54, 1.807) is 31.1 Å². The third-order valence-electron chi connectivity index (χ3n) is 7.29. The van der Waals surface area contributed by atoms with Gasteiger partial charge in [-0.15, -0.1) is 24.8 Å². The first-order valence-electron chi connectivity index (χ1n) is 16.6. The summed E-state index contributed by atoms with van der Waals surface area (Å²) < 4.78 is 53.6. The Morgan fingerprint density at radius 2 is 1.65 bits per heavy atom. The van der Waals surface area contributed by atoms with Gasteiger partial charge in [-0.25, -0.2) is 0 Å². The second kappa shape index (κ2) is 24.5. The zero-order chi connectivity index (χ0) is 41.9. The van der Waals surface area contributed by atoms with Gasteiger partial charge in [0.1, 0.15) is 17.4 Å². The SMILES string of the molecule is C=CCN(CC=C)C(=O)C(Cl)Cl.CCOc1cc(Oc2ccc(C(F)(F)F)cc2Cl)ccc1[N+](=O)[O-].CCc1cccc(C)c1N(C(=O)CCl)C(C)COC. The number of nitro benzene ring substituents is 1. The van der Waals surface area contributed by atoms with Crippen LogP contribution in [0.15, 0.2) is 79.9 Å². The Bertz CT molecular complexity index is 1740. The lowest BCUT2D eigenvalue weighted by Gasteiger charge is -2.31. The van der Waals surface area contributed by atoms with Crippen LogP contribution < -0.4 is 14.4 Å². The Balaban J connectivity index is 0.000000437. The summed E-state index contributed by atoms with van der Waals surface area (Å²) in [6, 6.07) is 12.4. The third-order valence-corrected chi connectivity index (χ3v) is 8.18. The van der Waals surface area contributed by atoms with Crippen molar-refractivity contribution in [1.29, 1.82) is 0 Å². The second-order valence-electron chi connectivity index (χ2n) is 11.3. The number of alkyl halides is 6. The molecule has 3 aromatic carbocycles. The third kappa shape index (κ3) is 15.6. The van der Waals surface area contributed by atoms with Gasteiger partial charge in [-0.2, -0.15) is 13.2 Å². The molecule has 1 unspecified atom stereocenters. The first kappa shape index (κ1) is 49.0. The van der Waals surface area contributed by atoms with E-state index in [0.29, 0.717) is 19.7 Å². The largest absolute Gasteiger partial charge is 0.487 e. The quantitative estimate of drug-likeness (QED) is 0.0610. The molecule has 1 atom stereocenters. The van der Waals surface area contributed by atoms with Crippen molar-refractivity contribution in [1.82, 2.24) is 4.90 Å². The number of anilines is 1. The molecule has 0 bridgehead atoms. The Morgan fingerprint density at radius 1 is 1.02 bits per heavy atom. The van der Waals surface area contributed by atoms with Gasteiger partial charge >= 0.3 is 11.9 Å². The standard InChI is InChI=1S/C15H11ClF3NO4.C15H22ClNO2.C8H11Cl2NO/c1-2-23-14-8-10(4-5-12(14)20(21)22)24-13-6-3-9(7-11(13)16)15(17,18)19;1-5-13-8-6-7-11(2)15(13)17(14(18)9-16)12(3)10-19-4;1-3-5-11(6-4-2)8(12)7(9)10/h3-8H,2H2,1H3;6-8,12H,5,9-10H2,1-4H3;3-4,7H,1-2,5-6H2. The summed E-state index contributed by atoms with van der Waals surface area (Å²) in [5.74, 6) is -0.311. The van der Waals surface area contributed by atoms with E-state index in [1.807, 2.05) is 26.0 Å². The molecule has 0 saturated carbocycles. The number of rotatable bonds is 16. The van der Waals surface area contributed by atoms with E-state index in [-0.39, 0.29) is 58.3 Å². The molecule has 2 amide bonds. The summed E-state index contributed by atoms with van der Waals surface area (Å²) in [5, 5.41) is 10.7. The molecule has 0 aromatic heterocycles. The zero-order valence-corrected chi connectivity index (χ0v) is 34.0. The van der Waals surface area contributed by atoms with E-state index in [0.717, 1.165) is 41.4 Å². The predicted molar refractivity (Wildman–Crippen MR) is 213 cm³/mol. The number of ether oxygens (including phenoxy) is 3. The molecular formula is C38H44Cl4F3N3O7. The van der Waals surface area contributed by atoms with Crippen molar-refractivity contribution in [3.63, 3.8) is 0 Å². The van der Waals surface area contributed by atoms with E-state index in [2.05, 4.69) is 26.1 Å². The highest BCUT2D eigenvalue weighted by Crippen LogP contribution is 2.38. The van der Waals surface area contributed by atoms with Gasteiger partial charge in [0.25, 0.3) is 5.91 Å². The molecule has 0 radical (unpaired) electrons. The predicted octanol–water partition coefficient (Wildman–Crippen LogP) is 10.6. The minimum atomic E-state index is -4.52. The van der Waals surface area contributed by atoms with Gasteiger partial charge in [0.15, 0.2) is 4.84 Å². The van der Waals surface area contributed by atoms with Crippen molar-refractivity contribution >= 4 is 69.6 Å². The highest BCUT2D eigenvalue weighted by Gasteiger charge is 2.31. The number of carbonyl (C=O) groups is 2. The van der Waals surface area contributed by atoms with Crippen LogP contribution in [0.3, 0.4) is 0 Å². The fraction of sp³-hybridized carbons (Fsp3) is 0.368. The Hall–Kier alpha value is -4.01. The summed E-state index contributed by atoms with van der Waals surface area (Å²) in [6.45, 7) is 16.3. The van der Waals surface area contributed by atoms with Crippen LogP contribution in [0.1, 0.15) is 37.5 Å². The van der Waals surface area contributed by atoms with Gasteiger partial charge < -0.3 is 24.0 Å². The van der Waals surface area contributed by atoms with Crippen molar-refractivity contribution in [3.8, 4) is 17.2 Å². The minimum Gasteiger partial charge on any atom is -0.487 e. The van der Waals surface area contributed by atoms with Crippen molar-refractivity contribution in [2.45, 2.75) is 51.2 Å². The highest BCUT2D eigenvalue weighted by atomic mass is 35.5. The van der Waals surface area contributed by atoms with Crippen LogP contribution in [-0.2, 0) is 26.9 Å². The average Bonchev–Trinajstić information content (AvgIpc) is 3.13. The van der Waals surface area contributed by atoms with Gasteiger partial charge in [0, 0.05) is 32.3 Å². The molecule has 17 heteroatoms. The van der Waals surface area contributed by atoms with Crippen molar-refractivity contribution in [2.75, 3.05) is 44.2 Å². The number of hydrogen-bond donors (Lipinski definition) is 0. The zero-order valence-electron chi connectivity index (χ0n) is 31.0. The van der Waals surface area contributed by atoms with Crippen molar-refractivity contribution < 1.29 is 41.9 Å². The molecule has 3 rings (SSSR count). The summed E-state index contributed by atoms with van der Waals surface area (Å²) in [7, 11) is 1.64. The molecule has 55 heavy (non-hydrogen) atoms. The summed E-state index contributed by atoms with van der Waals surface area (Å²) in [5.41, 5.74) is 2.06. The molecule has 0 aliphatic heterocycles. The number of halogens is 7. The number of amides is 2. The fourth-order valence-corrected chi connectivity index (χ4v) is 5.52. The lowest BCUT2D eigenvalue weighted by atomic mass is 10.0. The summed E-state index contributed by atoms with van der Waals surface area (Å²) in [4.78, 5) is 35.9. The molecule has 0 heterocycles. The van der Waals surface area contributed by atoms with Crippen molar-refractivity contribution in [2.24, 2.45) is 0 Å². The first-order valence-corrected chi connectivity index (χ1v) is 18.4. The van der Waals surface area contributed by atoms with Gasteiger partial charge in [-0.1, -0.05) is 72.1 Å². The molecule has 0 aliphatic rings. The van der Waals surface area contributed by atoms with Crippen LogP contribution in [0.25, 0.3) is 0 Å².